The van der Waals surface area contributed by atoms with Gasteiger partial charge in [0.1, 0.15) is 5.69 Å². The predicted octanol–water partition coefficient (Wildman–Crippen LogP) is 1.35. The van der Waals surface area contributed by atoms with Gasteiger partial charge in [0.2, 0.25) is 0 Å². The van der Waals surface area contributed by atoms with Crippen molar-refractivity contribution in [3.63, 3.8) is 0 Å². The van der Waals surface area contributed by atoms with Crippen molar-refractivity contribution in [1.29, 1.82) is 0 Å². The number of hydrogen-bond donors (Lipinski definition) is 0. The number of aromatic nitrogens is 5. The van der Waals surface area contributed by atoms with E-state index in [1.165, 1.54) is 0 Å². The molecule has 0 unspecified atom stereocenters. The van der Waals surface area contributed by atoms with Gasteiger partial charge in [-0.15, -0.1) is 11.7 Å². The fraction of sp³-hybridized carbons (Fsp3) is 0.429. The van der Waals surface area contributed by atoms with Gasteiger partial charge in [-0.3, -0.25) is 14.5 Å². The van der Waals surface area contributed by atoms with Crippen LogP contribution in [0.4, 0.5) is 0 Å². The average Bonchev–Trinajstić information content (AvgIpc) is 2.87. The Morgan fingerprint density at radius 3 is 2.82 bits per heavy atom. The summed E-state index contributed by atoms with van der Waals surface area (Å²) in [5.41, 5.74) is 0.705. The SMILES string of the molecule is C=CCn1c(-c2cnccn2)nn(CN2CCOCC2)c1=S. The lowest BCUT2D eigenvalue weighted by Crippen LogP contribution is -2.37. The van der Waals surface area contributed by atoms with Gasteiger partial charge in [-0.1, -0.05) is 6.08 Å². The van der Waals surface area contributed by atoms with Crippen molar-refractivity contribution in [2.75, 3.05) is 26.3 Å². The molecule has 0 spiro atoms. The first-order valence-corrected chi connectivity index (χ1v) is 7.55. The molecule has 0 radical (unpaired) electrons. The lowest BCUT2D eigenvalue weighted by Gasteiger charge is -2.26. The Morgan fingerprint density at radius 2 is 2.14 bits per heavy atom. The van der Waals surface area contributed by atoms with Gasteiger partial charge in [0.05, 0.1) is 26.1 Å². The van der Waals surface area contributed by atoms with Crippen LogP contribution < -0.4 is 0 Å². The minimum absolute atomic E-state index is 0.591. The predicted molar refractivity (Wildman–Crippen MR) is 84.7 cm³/mol. The van der Waals surface area contributed by atoms with Crippen LogP contribution >= 0.6 is 12.2 Å². The minimum Gasteiger partial charge on any atom is -0.379 e. The van der Waals surface area contributed by atoms with Gasteiger partial charge in [0, 0.05) is 32.0 Å². The highest BCUT2D eigenvalue weighted by Crippen LogP contribution is 2.15. The first-order chi connectivity index (χ1) is 10.8. The van der Waals surface area contributed by atoms with Crippen molar-refractivity contribution in [3.8, 4) is 11.5 Å². The van der Waals surface area contributed by atoms with Gasteiger partial charge in [-0.2, -0.15) is 0 Å². The molecule has 0 atom stereocenters. The Hall–Kier alpha value is -1.90. The molecular weight excluding hydrogens is 300 g/mol. The van der Waals surface area contributed by atoms with Gasteiger partial charge in [0.15, 0.2) is 10.6 Å². The van der Waals surface area contributed by atoms with Crippen LogP contribution in [0.5, 0.6) is 0 Å². The van der Waals surface area contributed by atoms with Crippen molar-refractivity contribution in [2.45, 2.75) is 13.2 Å². The van der Waals surface area contributed by atoms with Crippen molar-refractivity contribution in [3.05, 3.63) is 36.0 Å². The van der Waals surface area contributed by atoms with E-state index in [1.807, 2.05) is 9.25 Å². The first kappa shape index (κ1) is 15.0. The van der Waals surface area contributed by atoms with Crippen molar-refractivity contribution in [2.24, 2.45) is 0 Å². The zero-order valence-corrected chi connectivity index (χ0v) is 13.1. The molecule has 1 saturated heterocycles. The number of morpholine rings is 1. The van der Waals surface area contributed by atoms with E-state index < -0.39 is 0 Å². The molecule has 22 heavy (non-hydrogen) atoms. The Morgan fingerprint density at radius 1 is 1.32 bits per heavy atom. The second-order valence-corrected chi connectivity index (χ2v) is 5.33. The summed E-state index contributed by atoms with van der Waals surface area (Å²) in [6, 6.07) is 0. The maximum Gasteiger partial charge on any atom is 0.199 e. The van der Waals surface area contributed by atoms with Crippen LogP contribution in [0.3, 0.4) is 0 Å². The summed E-state index contributed by atoms with van der Waals surface area (Å²) >= 11 is 5.56. The number of hydrogen-bond acceptors (Lipinski definition) is 6. The molecule has 1 aliphatic rings. The van der Waals surface area contributed by atoms with E-state index in [2.05, 4.69) is 26.5 Å². The summed E-state index contributed by atoms with van der Waals surface area (Å²) in [6.45, 7) is 8.30. The molecule has 0 N–H and O–H groups in total. The minimum atomic E-state index is 0.591. The third-order valence-electron chi connectivity index (χ3n) is 3.46. The molecule has 0 amide bonds. The summed E-state index contributed by atoms with van der Waals surface area (Å²) in [6.07, 6.45) is 6.78. The summed E-state index contributed by atoms with van der Waals surface area (Å²) in [4.78, 5) is 10.7. The highest BCUT2D eigenvalue weighted by molar-refractivity contribution is 7.71. The molecule has 8 heteroatoms. The Bertz CT molecular complexity index is 689. The van der Waals surface area contributed by atoms with Gasteiger partial charge >= 0.3 is 0 Å². The van der Waals surface area contributed by atoms with E-state index in [1.54, 1.807) is 24.7 Å². The average molecular weight is 318 g/mol. The molecular formula is C14H18N6OS. The fourth-order valence-electron chi connectivity index (χ4n) is 2.36. The van der Waals surface area contributed by atoms with Crippen molar-refractivity contribution in [1.82, 2.24) is 29.2 Å². The molecule has 3 rings (SSSR count). The van der Waals surface area contributed by atoms with Crippen LogP contribution in [0, 0.1) is 4.77 Å². The highest BCUT2D eigenvalue weighted by atomic mass is 32.1. The quantitative estimate of drug-likeness (QED) is 0.612. The third kappa shape index (κ3) is 3.13. The van der Waals surface area contributed by atoms with Crippen molar-refractivity contribution >= 4 is 12.2 Å². The van der Waals surface area contributed by atoms with E-state index in [0.717, 1.165) is 26.3 Å². The molecule has 2 aromatic heterocycles. The van der Waals surface area contributed by atoms with E-state index in [0.29, 0.717) is 29.5 Å². The van der Waals surface area contributed by atoms with E-state index >= 15 is 0 Å². The lowest BCUT2D eigenvalue weighted by molar-refractivity contribution is 0.0209. The Balaban J connectivity index is 1.94. The molecule has 0 bridgehead atoms. The zero-order valence-electron chi connectivity index (χ0n) is 12.3. The number of ether oxygens (including phenoxy) is 1. The standard InChI is InChI=1S/C14H18N6OS/c1-2-5-19-13(12-10-15-3-4-16-12)17-20(14(19)22)11-18-6-8-21-9-7-18/h2-4,10H,1,5-9,11H2. The molecule has 0 aromatic carbocycles. The molecule has 1 fully saturated rings. The number of nitrogens with zero attached hydrogens (tertiary/aromatic N) is 6. The third-order valence-corrected chi connectivity index (χ3v) is 3.90. The molecule has 0 saturated carbocycles. The molecule has 2 aromatic rings. The van der Waals surface area contributed by atoms with Crippen LogP contribution in [-0.2, 0) is 18.0 Å². The highest BCUT2D eigenvalue weighted by Gasteiger charge is 2.16. The van der Waals surface area contributed by atoms with Gasteiger partial charge in [-0.25, -0.2) is 9.67 Å². The van der Waals surface area contributed by atoms with E-state index in [4.69, 9.17) is 17.0 Å². The van der Waals surface area contributed by atoms with Crippen LogP contribution in [0.25, 0.3) is 11.5 Å². The molecule has 116 valence electrons. The van der Waals surface area contributed by atoms with Gasteiger partial charge in [0.25, 0.3) is 0 Å². The topological polar surface area (TPSA) is 61.0 Å². The second kappa shape index (κ2) is 6.91. The maximum absolute atomic E-state index is 5.56. The summed E-state index contributed by atoms with van der Waals surface area (Å²) < 4.78 is 9.78. The summed E-state index contributed by atoms with van der Waals surface area (Å²) in [5.74, 6) is 0.714. The maximum atomic E-state index is 5.56. The molecule has 1 aliphatic heterocycles. The Labute approximate surface area is 133 Å². The fourth-order valence-corrected chi connectivity index (χ4v) is 2.62. The van der Waals surface area contributed by atoms with Crippen LogP contribution in [0.1, 0.15) is 0 Å². The largest absolute Gasteiger partial charge is 0.379 e. The molecule has 3 heterocycles. The van der Waals surface area contributed by atoms with Crippen LogP contribution in [0.2, 0.25) is 0 Å². The lowest BCUT2D eigenvalue weighted by atomic mass is 10.4. The molecule has 7 nitrogen and oxygen atoms in total. The zero-order chi connectivity index (χ0) is 15.4. The van der Waals surface area contributed by atoms with Gasteiger partial charge in [-0.05, 0) is 12.2 Å². The van der Waals surface area contributed by atoms with E-state index in [-0.39, 0.29) is 0 Å². The smallest absolute Gasteiger partial charge is 0.199 e. The number of allylic oxidation sites excluding steroid dienone is 1. The first-order valence-electron chi connectivity index (χ1n) is 7.14. The van der Waals surface area contributed by atoms with Gasteiger partial charge < -0.3 is 4.74 Å². The Kier molecular flexibility index (Phi) is 4.71. The van der Waals surface area contributed by atoms with E-state index in [9.17, 15) is 0 Å². The normalized spacial score (nSPS) is 15.8. The van der Waals surface area contributed by atoms with Crippen molar-refractivity contribution < 1.29 is 4.74 Å². The second-order valence-electron chi connectivity index (χ2n) is 4.97. The summed E-state index contributed by atoms with van der Waals surface area (Å²) in [5, 5.41) is 4.64. The van der Waals surface area contributed by atoms with Crippen LogP contribution in [0.15, 0.2) is 31.2 Å². The van der Waals surface area contributed by atoms with Crippen LogP contribution in [-0.4, -0.2) is 55.5 Å². The monoisotopic (exact) mass is 318 g/mol. The molecule has 0 aliphatic carbocycles. The summed E-state index contributed by atoms with van der Waals surface area (Å²) in [7, 11) is 0. The number of rotatable bonds is 5.